The summed E-state index contributed by atoms with van der Waals surface area (Å²) < 4.78 is 62.2. The molecule has 3 heterocycles. The van der Waals surface area contributed by atoms with Crippen LogP contribution in [0.1, 0.15) is 136 Å². The lowest BCUT2D eigenvalue weighted by molar-refractivity contribution is -0.161. The second-order valence-electron chi connectivity index (χ2n) is 17.1. The van der Waals surface area contributed by atoms with Crippen molar-refractivity contribution in [3.05, 3.63) is 83.5 Å². The molecule has 68 heavy (non-hydrogen) atoms. The van der Waals surface area contributed by atoms with Gasteiger partial charge in [0, 0.05) is 19.0 Å². The molecule has 384 valence electrons. The number of aliphatic hydroxyl groups excluding tert-OH is 2. The zero-order valence-corrected chi connectivity index (χ0v) is 41.5. The lowest BCUT2D eigenvalue weighted by Crippen LogP contribution is -2.36. The first-order valence-electron chi connectivity index (χ1n) is 23.8. The number of phosphoric acid groups is 2. The summed E-state index contributed by atoms with van der Waals surface area (Å²) in [7, 11) is -10.9. The Morgan fingerprint density at radius 1 is 0.765 bits per heavy atom. The van der Waals surface area contributed by atoms with Crippen LogP contribution >= 0.6 is 15.6 Å². The van der Waals surface area contributed by atoms with E-state index in [1.54, 1.807) is 6.08 Å². The number of nitrogen functional groups attached to an aromatic ring is 1. The number of aliphatic hydroxyl groups is 2. The molecule has 9 atom stereocenters. The number of nitrogens with two attached hydrogens (primary N) is 1. The third-order valence-electron chi connectivity index (χ3n) is 10.7. The van der Waals surface area contributed by atoms with Crippen LogP contribution in [0.4, 0.5) is 5.82 Å². The Morgan fingerprint density at radius 3 is 1.99 bits per heavy atom. The summed E-state index contributed by atoms with van der Waals surface area (Å²) in [6, 6.07) is 1.24. The average Bonchev–Trinajstić information content (AvgIpc) is 3.97. The van der Waals surface area contributed by atoms with Crippen LogP contribution in [0.2, 0.25) is 0 Å². The number of allylic oxidation sites excluding steroid dienone is 8. The zero-order chi connectivity index (χ0) is 49.8. The minimum Gasteiger partial charge on any atom is -0.462 e. The molecule has 2 fully saturated rings. The molecule has 0 bridgehead atoms. The first kappa shape index (κ1) is 58.7. The summed E-state index contributed by atoms with van der Waals surface area (Å²) in [4.78, 5) is 61.7. The number of ether oxygens (including phenoxy) is 4. The van der Waals surface area contributed by atoms with Gasteiger partial charge < -0.3 is 44.7 Å². The maximum atomic E-state index is 12.8. The van der Waals surface area contributed by atoms with Crippen LogP contribution < -0.4 is 11.4 Å². The van der Waals surface area contributed by atoms with E-state index in [0.717, 1.165) is 68.6 Å². The molecule has 1 aromatic heterocycles. The van der Waals surface area contributed by atoms with Gasteiger partial charge in [0.15, 0.2) is 12.3 Å². The van der Waals surface area contributed by atoms with Gasteiger partial charge in [0.05, 0.1) is 25.4 Å². The van der Waals surface area contributed by atoms with Crippen molar-refractivity contribution in [1.29, 1.82) is 0 Å². The number of hydrogen-bond acceptors (Lipinski definition) is 16. The number of nitrogens with zero attached hydrogens (tertiary/aromatic N) is 2. The molecule has 19 nitrogen and oxygen atoms in total. The van der Waals surface area contributed by atoms with Crippen molar-refractivity contribution in [3.63, 3.8) is 0 Å². The van der Waals surface area contributed by atoms with E-state index in [9.17, 15) is 43.5 Å². The molecule has 6 N–H and O–H groups in total. The van der Waals surface area contributed by atoms with Crippen LogP contribution in [0.25, 0.3) is 0 Å². The van der Waals surface area contributed by atoms with E-state index in [1.165, 1.54) is 25.3 Å². The van der Waals surface area contributed by atoms with Crippen LogP contribution in [0.5, 0.6) is 0 Å². The quantitative estimate of drug-likeness (QED) is 0.0140. The third-order valence-corrected chi connectivity index (χ3v) is 13.3. The average molecular weight is 1000 g/mol. The van der Waals surface area contributed by atoms with E-state index in [2.05, 4.69) is 66.5 Å². The Bertz CT molecular complexity index is 1960. The van der Waals surface area contributed by atoms with E-state index in [1.807, 2.05) is 18.2 Å². The molecule has 2 aliphatic heterocycles. The number of epoxide rings is 1. The van der Waals surface area contributed by atoms with Gasteiger partial charge in [-0.3, -0.25) is 23.2 Å². The maximum absolute atomic E-state index is 12.8. The predicted octanol–water partition coefficient (Wildman–Crippen LogP) is 8.01. The molecular formula is C47H75N3O16P2. The summed E-state index contributed by atoms with van der Waals surface area (Å²) in [6.45, 7) is 4.15. The van der Waals surface area contributed by atoms with E-state index < -0.39 is 83.7 Å². The molecule has 2 aliphatic rings. The van der Waals surface area contributed by atoms with Crippen molar-refractivity contribution in [2.75, 3.05) is 25.6 Å². The summed E-state index contributed by atoms with van der Waals surface area (Å²) in [5.41, 5.74) is 4.57. The van der Waals surface area contributed by atoms with Crippen LogP contribution in [0.3, 0.4) is 0 Å². The molecule has 0 aromatic carbocycles. The number of hydrogen-bond donors (Lipinski definition) is 5. The Kier molecular flexibility index (Phi) is 27.9. The van der Waals surface area contributed by atoms with Crippen molar-refractivity contribution < 1.29 is 71.0 Å². The number of phosphoric ester groups is 2. The number of unbranched alkanes of at least 4 members (excludes halogenated alkanes) is 6. The maximum Gasteiger partial charge on any atom is 0.481 e. The molecule has 0 saturated carbocycles. The molecule has 21 heteroatoms. The van der Waals surface area contributed by atoms with Crippen molar-refractivity contribution in [1.82, 2.24) is 9.55 Å². The fourth-order valence-electron chi connectivity index (χ4n) is 6.92. The highest BCUT2D eigenvalue weighted by Gasteiger charge is 2.46. The van der Waals surface area contributed by atoms with Gasteiger partial charge in [-0.1, -0.05) is 126 Å². The van der Waals surface area contributed by atoms with Crippen LogP contribution in [-0.4, -0.2) is 97.9 Å². The number of carbonyl (C=O) groups is 2. The Labute approximate surface area is 400 Å². The van der Waals surface area contributed by atoms with Crippen LogP contribution in [0, 0.1) is 5.92 Å². The zero-order valence-electron chi connectivity index (χ0n) is 39.7. The molecule has 4 unspecified atom stereocenters. The van der Waals surface area contributed by atoms with Crippen molar-refractivity contribution in [3.8, 4) is 0 Å². The van der Waals surface area contributed by atoms with Gasteiger partial charge >= 0.3 is 33.3 Å². The van der Waals surface area contributed by atoms with E-state index in [4.69, 9.17) is 33.7 Å². The van der Waals surface area contributed by atoms with Crippen molar-refractivity contribution in [2.45, 2.75) is 173 Å². The summed E-state index contributed by atoms with van der Waals surface area (Å²) in [6.07, 6.45) is 28.3. The highest BCUT2D eigenvalue weighted by molar-refractivity contribution is 7.61. The topological polar surface area (TPSA) is 278 Å². The molecule has 3 rings (SSSR count). The first-order valence-corrected chi connectivity index (χ1v) is 26.8. The van der Waals surface area contributed by atoms with Gasteiger partial charge in [-0.2, -0.15) is 9.29 Å². The highest BCUT2D eigenvalue weighted by Crippen LogP contribution is 2.60. The number of carbonyl (C=O) groups excluding carboxylic acids is 2. The van der Waals surface area contributed by atoms with Crippen LogP contribution in [-0.2, 0) is 51.0 Å². The number of anilines is 1. The monoisotopic (exact) mass is 999 g/mol. The smallest absolute Gasteiger partial charge is 0.462 e. The van der Waals surface area contributed by atoms with Crippen LogP contribution in [0.15, 0.2) is 77.8 Å². The third kappa shape index (κ3) is 25.3. The number of rotatable bonds is 36. The summed E-state index contributed by atoms with van der Waals surface area (Å²) >= 11 is 0. The van der Waals surface area contributed by atoms with Gasteiger partial charge in [-0.25, -0.2) is 13.9 Å². The van der Waals surface area contributed by atoms with Gasteiger partial charge in [0.1, 0.15) is 30.7 Å². The lowest BCUT2D eigenvalue weighted by Gasteiger charge is -2.21. The van der Waals surface area contributed by atoms with Gasteiger partial charge in [0.2, 0.25) is 0 Å². The largest absolute Gasteiger partial charge is 0.481 e. The molecule has 0 spiro atoms. The van der Waals surface area contributed by atoms with E-state index in [0.29, 0.717) is 37.4 Å². The molecule has 0 aliphatic carbocycles. The van der Waals surface area contributed by atoms with Crippen molar-refractivity contribution in [2.24, 2.45) is 5.92 Å². The van der Waals surface area contributed by atoms with E-state index in [-0.39, 0.29) is 18.7 Å². The summed E-state index contributed by atoms with van der Waals surface area (Å²) in [5, 5.41) is 20.9. The molecule has 1 aromatic rings. The Hall–Kier alpha value is -3.58. The molecular weight excluding hydrogens is 924 g/mol. The van der Waals surface area contributed by atoms with E-state index >= 15 is 0 Å². The Morgan fingerprint density at radius 2 is 1.35 bits per heavy atom. The SMILES string of the molecule is CC/C=C\CC1OC1C/C=C\C/C=C\C/C=C\C/C=C\CCC(=O)O[C@H](COC(=O)CCCCCCCCCC(C)C)COP(=O)(O)OP(=O)(O)OC[C@H]1O[C@@H](n2ccc(N)nc2=O)[C@H](O)[C@@H]1O. The lowest BCUT2D eigenvalue weighted by atomic mass is 10.0. The van der Waals surface area contributed by atoms with Gasteiger partial charge in [-0.05, 0) is 63.4 Å². The van der Waals surface area contributed by atoms with Gasteiger partial charge in [-0.15, -0.1) is 0 Å². The summed E-state index contributed by atoms with van der Waals surface area (Å²) in [5.74, 6) is -0.721. The fraction of sp³-hybridized carbons (Fsp3) is 0.660. The van der Waals surface area contributed by atoms with Gasteiger partial charge in [0.25, 0.3) is 0 Å². The Balaban J connectivity index is 1.43. The normalized spacial score (nSPS) is 23.1. The molecule has 2 saturated heterocycles. The second-order valence-corrected chi connectivity index (χ2v) is 20.1. The highest BCUT2D eigenvalue weighted by atomic mass is 31.3. The minimum absolute atomic E-state index is 0.0804. The predicted molar refractivity (Wildman–Crippen MR) is 256 cm³/mol. The second kappa shape index (κ2) is 32.3. The minimum atomic E-state index is -5.44. The van der Waals surface area contributed by atoms with Crippen molar-refractivity contribution >= 4 is 33.4 Å². The number of aromatic nitrogens is 2. The fourth-order valence-corrected chi connectivity index (χ4v) is 9.03. The number of esters is 2. The standard InChI is InChI=1S/C47H75N3O16P2/c1-4-5-21-27-38-39(64-38)28-23-18-14-10-8-6-7-9-11-15-20-25-30-43(52)63-37(33-60-42(51)29-24-19-16-12-13-17-22-26-36(2)3)34-61-67(56,57)66-68(58,59)62-35-40-44(53)45(54)46(65-40)50-32-31-41(48)49-47(50)55/h5,7-10,15,18,20-21,23,31-32,36-40,44-46,53-54H,4,6,11-14,16-17,19,22,24-30,33-35H2,1-3H3,(H,56,57)(H,58,59)(H2,48,49,55)/b9-7-,10-8-,20-15-,21-5-,23-18-/t37-,38?,39?,40-,44-,45-,46-/m1/s1. The molecule has 0 amide bonds. The first-order chi connectivity index (χ1) is 32.5. The molecule has 0 radical (unpaired) electrons.